The van der Waals surface area contributed by atoms with Gasteiger partial charge in [-0.1, -0.05) is 30.1 Å². The summed E-state index contributed by atoms with van der Waals surface area (Å²) >= 11 is 12.1. The highest BCUT2D eigenvalue weighted by Gasteiger charge is 2.17. The van der Waals surface area contributed by atoms with Gasteiger partial charge in [0.2, 0.25) is 15.9 Å². The van der Waals surface area contributed by atoms with Crippen LogP contribution < -0.4 is 10.0 Å². The number of sulfonamides is 1. The summed E-state index contributed by atoms with van der Waals surface area (Å²) in [5.41, 5.74) is 4.16. The monoisotopic (exact) mass is 494 g/mol. The maximum absolute atomic E-state index is 12.6. The Morgan fingerprint density at radius 3 is 2.31 bits per heavy atom. The number of nitrogens with one attached hydrogen (secondary N) is 2. The van der Waals surface area contributed by atoms with E-state index in [2.05, 4.69) is 15.1 Å². The predicted molar refractivity (Wildman–Crippen MR) is 130 cm³/mol. The van der Waals surface area contributed by atoms with E-state index in [1.54, 1.807) is 48.0 Å². The fraction of sp³-hybridized carbons (Fsp3) is 0.273. The van der Waals surface area contributed by atoms with E-state index in [9.17, 15) is 13.2 Å². The summed E-state index contributed by atoms with van der Waals surface area (Å²) in [4.78, 5) is 12.6. The molecule has 0 aliphatic heterocycles. The van der Waals surface area contributed by atoms with Gasteiger partial charge in [0.1, 0.15) is 0 Å². The summed E-state index contributed by atoms with van der Waals surface area (Å²) in [7, 11) is -3.36. The summed E-state index contributed by atoms with van der Waals surface area (Å²) in [6.07, 6.45) is 0.674. The number of hydrogen-bond acceptors (Lipinski definition) is 4. The Morgan fingerprint density at radius 1 is 1.03 bits per heavy atom. The first kappa shape index (κ1) is 24.1. The van der Waals surface area contributed by atoms with E-state index in [0.717, 1.165) is 22.6 Å². The van der Waals surface area contributed by atoms with Crippen molar-refractivity contribution in [3.63, 3.8) is 0 Å². The van der Waals surface area contributed by atoms with Gasteiger partial charge in [-0.2, -0.15) is 5.10 Å². The average molecular weight is 495 g/mol. The molecule has 1 heterocycles. The third-order valence-electron chi connectivity index (χ3n) is 4.84. The van der Waals surface area contributed by atoms with Crippen molar-refractivity contribution in [3.8, 4) is 5.69 Å². The molecule has 1 amide bonds. The van der Waals surface area contributed by atoms with Crippen LogP contribution in [0.3, 0.4) is 0 Å². The van der Waals surface area contributed by atoms with Gasteiger partial charge >= 0.3 is 0 Å². The maximum atomic E-state index is 12.6. The van der Waals surface area contributed by atoms with E-state index < -0.39 is 10.0 Å². The molecule has 2 N–H and O–H groups in total. The summed E-state index contributed by atoms with van der Waals surface area (Å²) in [5.74, 6) is -0.149. The van der Waals surface area contributed by atoms with Crippen LogP contribution in [0.2, 0.25) is 10.0 Å². The summed E-state index contributed by atoms with van der Waals surface area (Å²) in [6, 6.07) is 11.8. The van der Waals surface area contributed by atoms with Crippen LogP contribution in [0.1, 0.15) is 30.3 Å². The van der Waals surface area contributed by atoms with Crippen molar-refractivity contribution in [2.24, 2.45) is 0 Å². The SMILES string of the molecule is CCCS(=O)(=O)Nc1ccc(NC(=O)Cc2c(C)nn(-c3ccc(Cl)c(Cl)c3)c2C)cc1. The van der Waals surface area contributed by atoms with Crippen LogP contribution in [-0.4, -0.2) is 29.9 Å². The van der Waals surface area contributed by atoms with E-state index in [1.165, 1.54) is 0 Å². The summed E-state index contributed by atoms with van der Waals surface area (Å²) < 4.78 is 28.0. The number of anilines is 2. The number of halogens is 2. The molecule has 0 saturated heterocycles. The molecule has 0 radical (unpaired) electrons. The standard InChI is InChI=1S/C22H24Cl2N4O3S/c1-4-11-32(30,31)27-17-7-5-16(6-8-17)25-22(29)13-19-14(2)26-28(15(19)3)18-9-10-20(23)21(24)12-18/h5-10,12,27H,4,11,13H2,1-3H3,(H,25,29). The van der Waals surface area contributed by atoms with Crippen LogP contribution in [-0.2, 0) is 21.2 Å². The lowest BCUT2D eigenvalue weighted by Gasteiger charge is -2.09. The number of rotatable bonds is 8. The predicted octanol–water partition coefficient (Wildman–Crippen LogP) is 5.13. The molecule has 0 spiro atoms. The first-order valence-corrected chi connectivity index (χ1v) is 12.4. The van der Waals surface area contributed by atoms with Gasteiger partial charge in [-0.05, 0) is 62.7 Å². The lowest BCUT2D eigenvalue weighted by molar-refractivity contribution is -0.115. The lowest BCUT2D eigenvalue weighted by atomic mass is 10.1. The second kappa shape index (κ2) is 9.94. The summed E-state index contributed by atoms with van der Waals surface area (Å²) in [6.45, 7) is 5.54. The van der Waals surface area contributed by atoms with Crippen LogP contribution in [0, 0.1) is 13.8 Å². The van der Waals surface area contributed by atoms with Crippen molar-refractivity contribution in [1.82, 2.24) is 9.78 Å². The Bertz CT molecular complexity index is 1240. The van der Waals surface area contributed by atoms with Crippen LogP contribution in [0.25, 0.3) is 5.69 Å². The van der Waals surface area contributed by atoms with Gasteiger partial charge in [0.25, 0.3) is 0 Å². The van der Waals surface area contributed by atoms with Gasteiger partial charge in [-0.15, -0.1) is 0 Å². The number of nitrogens with zero attached hydrogens (tertiary/aromatic N) is 2. The quantitative estimate of drug-likeness (QED) is 0.453. The number of hydrogen-bond donors (Lipinski definition) is 2. The number of carbonyl (C=O) groups excluding carboxylic acids is 1. The molecule has 0 saturated carbocycles. The van der Waals surface area contributed by atoms with Gasteiger partial charge in [0.05, 0.1) is 33.6 Å². The molecule has 32 heavy (non-hydrogen) atoms. The zero-order chi connectivity index (χ0) is 23.5. The minimum atomic E-state index is -3.36. The number of benzene rings is 2. The maximum Gasteiger partial charge on any atom is 0.232 e. The highest BCUT2D eigenvalue weighted by Crippen LogP contribution is 2.26. The van der Waals surface area contributed by atoms with Crippen LogP contribution in [0.15, 0.2) is 42.5 Å². The minimum absolute atomic E-state index is 0.0557. The minimum Gasteiger partial charge on any atom is -0.326 e. The lowest BCUT2D eigenvalue weighted by Crippen LogP contribution is -2.17. The molecule has 170 valence electrons. The molecule has 0 aliphatic rings. The van der Waals surface area contributed by atoms with Crippen LogP contribution in [0.4, 0.5) is 11.4 Å². The molecule has 0 fully saturated rings. The first-order chi connectivity index (χ1) is 15.1. The average Bonchev–Trinajstić information content (AvgIpc) is 2.99. The Hall–Kier alpha value is -2.55. The van der Waals surface area contributed by atoms with Gasteiger partial charge < -0.3 is 5.32 Å². The van der Waals surface area contributed by atoms with Crippen molar-refractivity contribution < 1.29 is 13.2 Å². The van der Waals surface area contributed by atoms with E-state index in [1.807, 2.05) is 19.9 Å². The third kappa shape index (κ3) is 5.82. The molecule has 0 unspecified atom stereocenters. The fourth-order valence-electron chi connectivity index (χ4n) is 3.29. The molecule has 1 aromatic heterocycles. The van der Waals surface area contributed by atoms with Crippen LogP contribution >= 0.6 is 23.2 Å². The number of carbonyl (C=O) groups is 1. The number of amides is 1. The molecule has 0 aliphatic carbocycles. The van der Waals surface area contributed by atoms with Crippen LogP contribution in [0.5, 0.6) is 0 Å². The number of aromatic nitrogens is 2. The first-order valence-electron chi connectivity index (χ1n) is 10.0. The van der Waals surface area contributed by atoms with E-state index >= 15 is 0 Å². The van der Waals surface area contributed by atoms with E-state index in [-0.39, 0.29) is 18.1 Å². The largest absolute Gasteiger partial charge is 0.326 e. The van der Waals surface area contributed by atoms with Crippen molar-refractivity contribution in [2.75, 3.05) is 15.8 Å². The van der Waals surface area contributed by atoms with Gasteiger partial charge in [0, 0.05) is 22.6 Å². The van der Waals surface area contributed by atoms with E-state index in [0.29, 0.717) is 27.8 Å². The fourth-order valence-corrected chi connectivity index (χ4v) is 4.71. The second-order valence-electron chi connectivity index (χ2n) is 7.38. The Kier molecular flexibility index (Phi) is 7.48. The summed E-state index contributed by atoms with van der Waals surface area (Å²) in [5, 5.41) is 8.26. The third-order valence-corrected chi connectivity index (χ3v) is 7.07. The highest BCUT2D eigenvalue weighted by atomic mass is 35.5. The number of aryl methyl sites for hydroxylation is 1. The molecular weight excluding hydrogens is 471 g/mol. The Labute approximate surface area is 197 Å². The van der Waals surface area contributed by atoms with Crippen molar-refractivity contribution in [2.45, 2.75) is 33.6 Å². The molecule has 3 aromatic rings. The highest BCUT2D eigenvalue weighted by molar-refractivity contribution is 7.92. The Morgan fingerprint density at radius 2 is 1.69 bits per heavy atom. The topological polar surface area (TPSA) is 93.1 Å². The second-order valence-corrected chi connectivity index (χ2v) is 10.0. The smallest absolute Gasteiger partial charge is 0.232 e. The van der Waals surface area contributed by atoms with Gasteiger partial charge in [0.15, 0.2) is 0 Å². The molecular formula is C22H24Cl2N4O3S. The molecule has 3 rings (SSSR count). The molecule has 7 nitrogen and oxygen atoms in total. The zero-order valence-electron chi connectivity index (χ0n) is 17.9. The molecule has 0 bridgehead atoms. The zero-order valence-corrected chi connectivity index (χ0v) is 20.3. The van der Waals surface area contributed by atoms with Gasteiger partial charge in [-0.3, -0.25) is 9.52 Å². The molecule has 0 atom stereocenters. The van der Waals surface area contributed by atoms with E-state index in [4.69, 9.17) is 23.2 Å². The van der Waals surface area contributed by atoms with Crippen molar-refractivity contribution >= 4 is 50.5 Å². The van der Waals surface area contributed by atoms with Gasteiger partial charge in [-0.25, -0.2) is 13.1 Å². The molecule has 2 aromatic carbocycles. The van der Waals surface area contributed by atoms with Crippen molar-refractivity contribution in [1.29, 1.82) is 0 Å². The normalized spacial score (nSPS) is 11.4. The molecule has 10 heteroatoms. The Balaban J connectivity index is 1.70. The van der Waals surface area contributed by atoms with Crippen molar-refractivity contribution in [3.05, 3.63) is 69.5 Å².